The Morgan fingerprint density at radius 2 is 1.83 bits per heavy atom. The first kappa shape index (κ1) is 15.8. The molecule has 122 valence electrons. The van der Waals surface area contributed by atoms with Crippen LogP contribution >= 0.6 is 22.9 Å². The summed E-state index contributed by atoms with van der Waals surface area (Å²) in [6.45, 7) is 2.14. The van der Waals surface area contributed by atoms with Gasteiger partial charge >= 0.3 is 0 Å². The Hall–Kier alpha value is -1.75. The van der Waals surface area contributed by atoms with E-state index in [0.29, 0.717) is 5.92 Å². The highest BCUT2D eigenvalue weighted by Crippen LogP contribution is 2.40. The highest BCUT2D eigenvalue weighted by atomic mass is 35.5. The van der Waals surface area contributed by atoms with Crippen LogP contribution in [0.15, 0.2) is 48.7 Å². The number of halogens is 1. The molecule has 3 heterocycles. The number of hydrogen-bond donors (Lipinski definition) is 1. The largest absolute Gasteiger partial charge is 0.317 e. The molecular weight excluding hydrogens is 338 g/mol. The minimum Gasteiger partial charge on any atom is -0.317 e. The SMILES string of the molecule is Clc1ccc(-c2nc(-c3ccccn3)c(C3CCNCC3)s2)cc1. The van der Waals surface area contributed by atoms with Crippen molar-refractivity contribution in [3.63, 3.8) is 0 Å². The summed E-state index contributed by atoms with van der Waals surface area (Å²) in [6, 6.07) is 13.9. The summed E-state index contributed by atoms with van der Waals surface area (Å²) < 4.78 is 0. The number of hydrogen-bond acceptors (Lipinski definition) is 4. The van der Waals surface area contributed by atoms with Crippen LogP contribution < -0.4 is 5.32 Å². The predicted molar refractivity (Wildman–Crippen MR) is 101 cm³/mol. The third kappa shape index (κ3) is 3.22. The fourth-order valence-electron chi connectivity index (χ4n) is 3.10. The van der Waals surface area contributed by atoms with E-state index in [1.54, 1.807) is 11.3 Å². The molecule has 1 aliphatic heterocycles. The van der Waals surface area contributed by atoms with Crippen molar-refractivity contribution in [2.24, 2.45) is 0 Å². The summed E-state index contributed by atoms with van der Waals surface area (Å²) in [5, 5.41) is 5.23. The number of rotatable bonds is 3. The number of thiazole rings is 1. The van der Waals surface area contributed by atoms with E-state index in [0.717, 1.165) is 52.9 Å². The second kappa shape index (κ2) is 7.01. The average molecular weight is 356 g/mol. The zero-order valence-corrected chi connectivity index (χ0v) is 14.8. The second-order valence-corrected chi connectivity index (χ2v) is 7.45. The molecule has 5 heteroatoms. The van der Waals surface area contributed by atoms with Gasteiger partial charge < -0.3 is 5.32 Å². The molecule has 2 aromatic heterocycles. The molecule has 24 heavy (non-hydrogen) atoms. The fraction of sp³-hybridized carbons (Fsp3) is 0.263. The molecule has 0 radical (unpaired) electrons. The number of nitrogens with one attached hydrogen (secondary N) is 1. The maximum Gasteiger partial charge on any atom is 0.124 e. The first-order chi connectivity index (χ1) is 11.8. The number of pyridine rings is 1. The Morgan fingerprint density at radius 3 is 2.54 bits per heavy atom. The zero-order chi connectivity index (χ0) is 16.4. The first-order valence-electron chi connectivity index (χ1n) is 8.20. The normalized spacial score (nSPS) is 15.5. The molecule has 0 amide bonds. The second-order valence-electron chi connectivity index (χ2n) is 5.98. The van der Waals surface area contributed by atoms with Gasteiger partial charge in [-0.3, -0.25) is 4.98 Å². The van der Waals surface area contributed by atoms with Crippen LogP contribution in [0.1, 0.15) is 23.6 Å². The lowest BCUT2D eigenvalue weighted by Gasteiger charge is -2.22. The van der Waals surface area contributed by atoms with Crippen LogP contribution in [0.25, 0.3) is 22.0 Å². The molecule has 1 fully saturated rings. The lowest BCUT2D eigenvalue weighted by atomic mass is 9.94. The summed E-state index contributed by atoms with van der Waals surface area (Å²) in [5.74, 6) is 0.557. The molecule has 1 N–H and O–H groups in total. The van der Waals surface area contributed by atoms with E-state index >= 15 is 0 Å². The molecule has 0 unspecified atom stereocenters. The molecule has 4 rings (SSSR count). The van der Waals surface area contributed by atoms with Crippen molar-refractivity contribution in [1.29, 1.82) is 0 Å². The van der Waals surface area contributed by atoms with Crippen LogP contribution in [-0.2, 0) is 0 Å². The monoisotopic (exact) mass is 355 g/mol. The van der Waals surface area contributed by atoms with E-state index in [-0.39, 0.29) is 0 Å². The summed E-state index contributed by atoms with van der Waals surface area (Å²) in [6.07, 6.45) is 4.15. The van der Waals surface area contributed by atoms with Gasteiger partial charge in [-0.05, 0) is 56.1 Å². The molecular formula is C19H18ClN3S. The Balaban J connectivity index is 1.79. The summed E-state index contributed by atoms with van der Waals surface area (Å²) >= 11 is 7.82. The zero-order valence-electron chi connectivity index (χ0n) is 13.2. The molecule has 1 saturated heterocycles. The standard InChI is InChI=1S/C19H18ClN3S/c20-15-6-4-14(5-7-15)19-23-17(16-3-1-2-10-22-16)18(24-19)13-8-11-21-12-9-13/h1-7,10,13,21H,8-9,11-12H2. The predicted octanol–water partition coefficient (Wildman–Crippen LogP) is 4.99. The molecule has 1 aromatic carbocycles. The Morgan fingerprint density at radius 1 is 1.04 bits per heavy atom. The van der Waals surface area contributed by atoms with Gasteiger partial charge in [-0.1, -0.05) is 29.8 Å². The van der Waals surface area contributed by atoms with Crippen molar-refractivity contribution in [3.8, 4) is 22.0 Å². The molecule has 0 aliphatic carbocycles. The summed E-state index contributed by atoms with van der Waals surface area (Å²) in [5.41, 5.74) is 3.11. The van der Waals surface area contributed by atoms with Crippen LogP contribution in [-0.4, -0.2) is 23.1 Å². The Kier molecular flexibility index (Phi) is 4.60. The van der Waals surface area contributed by atoms with Crippen LogP contribution in [0.2, 0.25) is 5.02 Å². The van der Waals surface area contributed by atoms with Crippen molar-refractivity contribution >= 4 is 22.9 Å². The summed E-state index contributed by atoms with van der Waals surface area (Å²) in [7, 11) is 0. The first-order valence-corrected chi connectivity index (χ1v) is 9.39. The summed E-state index contributed by atoms with van der Waals surface area (Å²) in [4.78, 5) is 10.8. The van der Waals surface area contributed by atoms with Gasteiger partial charge in [0.1, 0.15) is 10.7 Å². The highest BCUT2D eigenvalue weighted by Gasteiger charge is 2.24. The van der Waals surface area contributed by atoms with Crippen molar-refractivity contribution in [2.45, 2.75) is 18.8 Å². The number of nitrogens with zero attached hydrogens (tertiary/aromatic N) is 2. The molecule has 1 aliphatic rings. The van der Waals surface area contributed by atoms with E-state index < -0.39 is 0 Å². The lowest BCUT2D eigenvalue weighted by Crippen LogP contribution is -2.26. The van der Waals surface area contributed by atoms with E-state index in [1.165, 1.54) is 4.88 Å². The van der Waals surface area contributed by atoms with Crippen molar-refractivity contribution in [3.05, 3.63) is 58.6 Å². The molecule has 0 atom stereocenters. The van der Waals surface area contributed by atoms with Crippen LogP contribution in [0.3, 0.4) is 0 Å². The maximum absolute atomic E-state index is 6.02. The van der Waals surface area contributed by atoms with Gasteiger partial charge in [0.25, 0.3) is 0 Å². The van der Waals surface area contributed by atoms with Crippen molar-refractivity contribution < 1.29 is 0 Å². The lowest BCUT2D eigenvalue weighted by molar-refractivity contribution is 0.465. The van der Waals surface area contributed by atoms with Crippen LogP contribution in [0.5, 0.6) is 0 Å². The fourth-order valence-corrected chi connectivity index (χ4v) is 4.47. The molecule has 3 nitrogen and oxygen atoms in total. The topological polar surface area (TPSA) is 37.8 Å². The van der Waals surface area contributed by atoms with Gasteiger partial charge in [0.05, 0.1) is 5.69 Å². The third-order valence-corrected chi connectivity index (χ3v) is 5.88. The highest BCUT2D eigenvalue weighted by molar-refractivity contribution is 7.15. The molecule has 0 bridgehead atoms. The third-order valence-electron chi connectivity index (χ3n) is 4.36. The molecule has 0 spiro atoms. The van der Waals surface area contributed by atoms with Crippen LogP contribution in [0, 0.1) is 0 Å². The molecule has 0 saturated carbocycles. The van der Waals surface area contributed by atoms with E-state index in [2.05, 4.69) is 10.3 Å². The number of piperidine rings is 1. The van der Waals surface area contributed by atoms with E-state index in [9.17, 15) is 0 Å². The smallest absolute Gasteiger partial charge is 0.124 e. The van der Waals surface area contributed by atoms with E-state index in [4.69, 9.17) is 16.6 Å². The number of aromatic nitrogens is 2. The van der Waals surface area contributed by atoms with Gasteiger partial charge in [0, 0.05) is 21.7 Å². The average Bonchev–Trinajstić information content (AvgIpc) is 3.09. The van der Waals surface area contributed by atoms with Crippen molar-refractivity contribution in [1.82, 2.24) is 15.3 Å². The minimum absolute atomic E-state index is 0.557. The molecule has 3 aromatic rings. The Bertz CT molecular complexity index is 808. The Labute approximate surface area is 150 Å². The van der Waals surface area contributed by atoms with Gasteiger partial charge in [-0.15, -0.1) is 11.3 Å². The van der Waals surface area contributed by atoms with Crippen LogP contribution in [0.4, 0.5) is 0 Å². The minimum atomic E-state index is 0.557. The van der Waals surface area contributed by atoms with Gasteiger partial charge in [0.2, 0.25) is 0 Å². The quantitative estimate of drug-likeness (QED) is 0.719. The van der Waals surface area contributed by atoms with Gasteiger partial charge in [-0.25, -0.2) is 4.98 Å². The number of benzene rings is 1. The van der Waals surface area contributed by atoms with Gasteiger partial charge in [-0.2, -0.15) is 0 Å². The maximum atomic E-state index is 6.02. The van der Waals surface area contributed by atoms with Crippen molar-refractivity contribution in [2.75, 3.05) is 13.1 Å². The van der Waals surface area contributed by atoms with E-state index in [1.807, 2.05) is 48.7 Å². The van der Waals surface area contributed by atoms with Gasteiger partial charge in [0.15, 0.2) is 0 Å².